The molecule has 0 amide bonds. The van der Waals surface area contributed by atoms with Crippen molar-refractivity contribution in [2.24, 2.45) is 0 Å². The Kier molecular flexibility index (Phi) is 8.77. The summed E-state index contributed by atoms with van der Waals surface area (Å²) in [6, 6.07) is 0.486. The van der Waals surface area contributed by atoms with Gasteiger partial charge in [-0.2, -0.15) is 0 Å². The number of ether oxygens (including phenoxy) is 1. The molecule has 0 aromatic carbocycles. The number of nitrogens with zero attached hydrogens (tertiary/aromatic N) is 4. The fourth-order valence-electron chi connectivity index (χ4n) is 1.44. The van der Waals surface area contributed by atoms with Crippen molar-refractivity contribution in [1.29, 1.82) is 0 Å². The van der Waals surface area contributed by atoms with Crippen molar-refractivity contribution in [3.05, 3.63) is 0 Å². The Labute approximate surface area is 119 Å². The molecule has 1 heterocycles. The lowest BCUT2D eigenvalue weighted by atomic mass is 10.4. The van der Waals surface area contributed by atoms with Crippen molar-refractivity contribution in [3.63, 3.8) is 0 Å². The van der Waals surface area contributed by atoms with Gasteiger partial charge < -0.3 is 10.1 Å². The Bertz CT molecular complexity index is 332. The van der Waals surface area contributed by atoms with Gasteiger partial charge in [0, 0.05) is 24.9 Å². The van der Waals surface area contributed by atoms with Crippen LogP contribution in [0.25, 0.3) is 0 Å². The Morgan fingerprint density at radius 1 is 1.37 bits per heavy atom. The van der Waals surface area contributed by atoms with Gasteiger partial charge in [-0.25, -0.2) is 4.68 Å². The van der Waals surface area contributed by atoms with Gasteiger partial charge in [0.1, 0.15) is 0 Å². The van der Waals surface area contributed by atoms with Crippen LogP contribution in [-0.4, -0.2) is 51.8 Å². The van der Waals surface area contributed by atoms with Crippen LogP contribution < -0.4 is 5.32 Å². The molecule has 0 fully saturated rings. The summed E-state index contributed by atoms with van der Waals surface area (Å²) in [6.45, 7) is 9.69. The third kappa shape index (κ3) is 7.49. The van der Waals surface area contributed by atoms with Crippen molar-refractivity contribution in [1.82, 2.24) is 25.5 Å². The molecule has 0 atom stereocenters. The highest BCUT2D eigenvalue weighted by atomic mass is 32.2. The standard InChI is InChI=1S/C12H25N5OS/c1-4-5-8-18-9-10-19-12-14-15-16-17(12)7-6-13-11(2)3/h11,13H,4-10H2,1-3H3. The van der Waals surface area contributed by atoms with Crippen molar-refractivity contribution >= 4 is 11.8 Å². The van der Waals surface area contributed by atoms with Gasteiger partial charge in [-0.05, 0) is 16.8 Å². The number of thioether (sulfide) groups is 1. The lowest BCUT2D eigenvalue weighted by molar-refractivity contribution is 0.147. The molecule has 0 aliphatic rings. The normalized spacial score (nSPS) is 11.4. The van der Waals surface area contributed by atoms with Gasteiger partial charge in [0.2, 0.25) is 5.16 Å². The predicted molar refractivity (Wildman–Crippen MR) is 77.4 cm³/mol. The molecule has 6 nitrogen and oxygen atoms in total. The number of hydrogen-bond donors (Lipinski definition) is 1. The van der Waals surface area contributed by atoms with E-state index in [4.69, 9.17) is 4.74 Å². The van der Waals surface area contributed by atoms with Crippen LogP contribution in [0.1, 0.15) is 33.6 Å². The first kappa shape index (κ1) is 16.4. The molecule has 1 aromatic rings. The molecule has 0 spiro atoms. The number of hydrogen-bond acceptors (Lipinski definition) is 6. The largest absolute Gasteiger partial charge is 0.381 e. The second kappa shape index (κ2) is 10.2. The molecule has 1 rings (SSSR count). The van der Waals surface area contributed by atoms with Crippen molar-refractivity contribution < 1.29 is 4.74 Å². The average Bonchev–Trinajstić information content (AvgIpc) is 2.81. The van der Waals surface area contributed by atoms with Gasteiger partial charge in [-0.3, -0.25) is 0 Å². The van der Waals surface area contributed by atoms with E-state index in [0.717, 1.165) is 43.6 Å². The lowest BCUT2D eigenvalue weighted by Crippen LogP contribution is -2.27. The molecular formula is C12H25N5OS. The fraction of sp³-hybridized carbons (Fsp3) is 0.917. The summed E-state index contributed by atoms with van der Waals surface area (Å²) in [4.78, 5) is 0. The number of unbranched alkanes of at least 4 members (excludes halogenated alkanes) is 1. The summed E-state index contributed by atoms with van der Waals surface area (Å²) in [5, 5.41) is 16.0. The minimum atomic E-state index is 0.486. The minimum Gasteiger partial charge on any atom is -0.381 e. The fourth-order valence-corrected chi connectivity index (χ4v) is 2.19. The number of rotatable bonds is 11. The molecule has 1 aromatic heterocycles. The smallest absolute Gasteiger partial charge is 0.209 e. The van der Waals surface area contributed by atoms with Crippen LogP contribution in [0.5, 0.6) is 0 Å². The molecule has 0 unspecified atom stereocenters. The number of aromatic nitrogens is 4. The lowest BCUT2D eigenvalue weighted by Gasteiger charge is -2.08. The van der Waals surface area contributed by atoms with Crippen molar-refractivity contribution in [3.8, 4) is 0 Å². The van der Waals surface area contributed by atoms with E-state index in [9.17, 15) is 0 Å². The molecule has 0 saturated heterocycles. The maximum atomic E-state index is 5.51. The zero-order valence-corrected chi connectivity index (χ0v) is 12.9. The molecular weight excluding hydrogens is 262 g/mol. The van der Waals surface area contributed by atoms with Crippen LogP contribution in [0.2, 0.25) is 0 Å². The van der Waals surface area contributed by atoms with Gasteiger partial charge in [0.25, 0.3) is 0 Å². The Morgan fingerprint density at radius 2 is 2.21 bits per heavy atom. The van der Waals surface area contributed by atoms with Gasteiger partial charge in [-0.15, -0.1) is 5.10 Å². The third-order valence-electron chi connectivity index (χ3n) is 2.48. The molecule has 0 radical (unpaired) electrons. The summed E-state index contributed by atoms with van der Waals surface area (Å²) in [5.41, 5.74) is 0. The van der Waals surface area contributed by atoms with E-state index in [1.165, 1.54) is 6.42 Å². The number of nitrogens with one attached hydrogen (secondary N) is 1. The highest BCUT2D eigenvalue weighted by Gasteiger charge is 2.06. The zero-order valence-electron chi connectivity index (χ0n) is 12.1. The molecule has 0 saturated carbocycles. The summed E-state index contributed by atoms with van der Waals surface area (Å²) in [6.07, 6.45) is 2.30. The van der Waals surface area contributed by atoms with Gasteiger partial charge in [-0.1, -0.05) is 39.0 Å². The van der Waals surface area contributed by atoms with Crippen LogP contribution in [0.4, 0.5) is 0 Å². The van der Waals surface area contributed by atoms with Crippen LogP contribution in [0.3, 0.4) is 0 Å². The molecule has 0 bridgehead atoms. The third-order valence-corrected chi connectivity index (χ3v) is 3.40. The van der Waals surface area contributed by atoms with Gasteiger partial charge in [0.15, 0.2) is 0 Å². The second-order valence-corrected chi connectivity index (χ2v) is 5.67. The SMILES string of the molecule is CCCCOCCSc1nnnn1CCNC(C)C. The van der Waals surface area contributed by atoms with E-state index < -0.39 is 0 Å². The highest BCUT2D eigenvalue weighted by Crippen LogP contribution is 2.12. The first-order valence-electron chi connectivity index (χ1n) is 6.94. The van der Waals surface area contributed by atoms with Gasteiger partial charge >= 0.3 is 0 Å². The van der Waals surface area contributed by atoms with E-state index in [1.54, 1.807) is 11.8 Å². The van der Waals surface area contributed by atoms with Crippen LogP contribution in [0.15, 0.2) is 5.16 Å². The van der Waals surface area contributed by atoms with Crippen LogP contribution in [-0.2, 0) is 11.3 Å². The van der Waals surface area contributed by atoms with Crippen LogP contribution in [0, 0.1) is 0 Å². The van der Waals surface area contributed by atoms with E-state index in [-0.39, 0.29) is 0 Å². The molecule has 0 aliphatic carbocycles. The second-order valence-electron chi connectivity index (χ2n) is 4.61. The van der Waals surface area contributed by atoms with Crippen molar-refractivity contribution in [2.45, 2.75) is 51.4 Å². The first-order valence-corrected chi connectivity index (χ1v) is 7.92. The monoisotopic (exact) mass is 287 g/mol. The maximum Gasteiger partial charge on any atom is 0.209 e. The molecule has 7 heteroatoms. The average molecular weight is 287 g/mol. The summed E-state index contributed by atoms with van der Waals surface area (Å²) in [5.74, 6) is 0.891. The quantitative estimate of drug-likeness (QED) is 0.492. The Hall–Kier alpha value is -0.660. The summed E-state index contributed by atoms with van der Waals surface area (Å²) >= 11 is 1.64. The highest BCUT2D eigenvalue weighted by molar-refractivity contribution is 7.99. The molecule has 19 heavy (non-hydrogen) atoms. The maximum absolute atomic E-state index is 5.51. The van der Waals surface area contributed by atoms with Crippen molar-refractivity contribution in [2.75, 3.05) is 25.5 Å². The van der Waals surface area contributed by atoms with Crippen LogP contribution >= 0.6 is 11.8 Å². The number of tetrazole rings is 1. The van der Waals surface area contributed by atoms with E-state index in [1.807, 2.05) is 4.68 Å². The zero-order chi connectivity index (χ0) is 13.9. The molecule has 0 aliphatic heterocycles. The first-order chi connectivity index (χ1) is 9.24. The topological polar surface area (TPSA) is 64.9 Å². The summed E-state index contributed by atoms with van der Waals surface area (Å²) < 4.78 is 7.35. The Balaban J connectivity index is 2.17. The summed E-state index contributed by atoms with van der Waals surface area (Å²) in [7, 11) is 0. The predicted octanol–water partition coefficient (Wildman–Crippen LogP) is 1.58. The Morgan fingerprint density at radius 3 is 2.95 bits per heavy atom. The minimum absolute atomic E-state index is 0.486. The van der Waals surface area contributed by atoms with Gasteiger partial charge in [0.05, 0.1) is 13.2 Å². The van der Waals surface area contributed by atoms with E-state index in [0.29, 0.717) is 6.04 Å². The molecule has 110 valence electrons. The van der Waals surface area contributed by atoms with E-state index >= 15 is 0 Å². The molecule has 1 N–H and O–H groups in total. The van der Waals surface area contributed by atoms with E-state index in [2.05, 4.69) is 41.6 Å².